The van der Waals surface area contributed by atoms with Crippen LogP contribution < -0.4 is 10.0 Å². The van der Waals surface area contributed by atoms with E-state index in [0.29, 0.717) is 0 Å². The highest BCUT2D eigenvalue weighted by molar-refractivity contribution is 7.92. The molecule has 150 valence electrons. The van der Waals surface area contributed by atoms with E-state index in [1.807, 2.05) is 6.92 Å². The lowest BCUT2D eigenvalue weighted by molar-refractivity contribution is 0.102. The first-order chi connectivity index (χ1) is 13.7. The quantitative estimate of drug-likeness (QED) is 0.592. The van der Waals surface area contributed by atoms with Gasteiger partial charge in [0.05, 0.1) is 15.5 Å². The van der Waals surface area contributed by atoms with Gasteiger partial charge in [-0.15, -0.1) is 0 Å². The molecule has 9 heteroatoms. The van der Waals surface area contributed by atoms with Crippen molar-refractivity contribution in [2.75, 3.05) is 10.0 Å². The van der Waals surface area contributed by atoms with Crippen LogP contribution in [0.4, 0.5) is 20.2 Å². The third-order valence-corrected chi connectivity index (χ3v) is 5.70. The molecule has 0 radical (unpaired) electrons. The highest BCUT2D eigenvalue weighted by Crippen LogP contribution is 2.24. The summed E-state index contributed by atoms with van der Waals surface area (Å²) in [6.45, 7) is 1.83. The molecule has 0 fully saturated rings. The molecule has 0 spiro atoms. The van der Waals surface area contributed by atoms with Gasteiger partial charge in [-0.1, -0.05) is 29.3 Å². The Morgan fingerprint density at radius 2 is 1.55 bits per heavy atom. The van der Waals surface area contributed by atoms with E-state index in [0.717, 1.165) is 17.7 Å². The molecule has 0 aliphatic carbocycles. The van der Waals surface area contributed by atoms with Crippen molar-refractivity contribution in [3.05, 3.63) is 88.4 Å². The minimum absolute atomic E-state index is 0.0237. The number of rotatable bonds is 5. The number of hydrogen-bond acceptors (Lipinski definition) is 3. The predicted molar refractivity (Wildman–Crippen MR) is 108 cm³/mol. The Morgan fingerprint density at radius 3 is 2.21 bits per heavy atom. The van der Waals surface area contributed by atoms with Crippen molar-refractivity contribution < 1.29 is 22.0 Å². The lowest BCUT2D eigenvalue weighted by Gasteiger charge is -2.12. The number of hydrogen-bond donors (Lipinski definition) is 2. The SMILES string of the molecule is Cc1ccc(S(=O)(=O)Nc2ccc(Cl)c(C(=O)Nc3ccc(F)c(F)c3)c2)cc1. The lowest BCUT2D eigenvalue weighted by Crippen LogP contribution is -2.15. The van der Waals surface area contributed by atoms with Gasteiger partial charge in [0.25, 0.3) is 15.9 Å². The Morgan fingerprint density at radius 1 is 0.897 bits per heavy atom. The average molecular weight is 437 g/mol. The van der Waals surface area contributed by atoms with Gasteiger partial charge in [-0.3, -0.25) is 9.52 Å². The van der Waals surface area contributed by atoms with Gasteiger partial charge in [-0.2, -0.15) is 0 Å². The van der Waals surface area contributed by atoms with E-state index in [9.17, 15) is 22.0 Å². The van der Waals surface area contributed by atoms with Crippen molar-refractivity contribution >= 4 is 38.9 Å². The molecule has 0 unspecified atom stereocenters. The standard InChI is InChI=1S/C20H15ClF2N2O3S/c1-12-2-6-15(7-3-12)29(27,28)25-14-4-8-17(21)16(10-14)20(26)24-13-5-9-18(22)19(23)11-13/h2-11,25H,1H3,(H,24,26). The second-order valence-electron chi connectivity index (χ2n) is 6.20. The summed E-state index contributed by atoms with van der Waals surface area (Å²) in [7, 11) is -3.87. The summed E-state index contributed by atoms with van der Waals surface area (Å²) in [6.07, 6.45) is 0. The number of aryl methyl sites for hydroxylation is 1. The van der Waals surface area contributed by atoms with Gasteiger partial charge in [0.2, 0.25) is 0 Å². The van der Waals surface area contributed by atoms with Gasteiger partial charge in [0.1, 0.15) is 0 Å². The summed E-state index contributed by atoms with van der Waals surface area (Å²) < 4.78 is 53.8. The molecule has 3 aromatic carbocycles. The van der Waals surface area contributed by atoms with Crippen LogP contribution in [0, 0.1) is 18.6 Å². The Kier molecular flexibility index (Phi) is 5.86. The molecule has 0 aliphatic heterocycles. The summed E-state index contributed by atoms with van der Waals surface area (Å²) >= 11 is 6.05. The Balaban J connectivity index is 1.84. The molecule has 0 aromatic heterocycles. The normalized spacial score (nSPS) is 11.2. The highest BCUT2D eigenvalue weighted by Gasteiger charge is 2.17. The number of nitrogens with one attached hydrogen (secondary N) is 2. The molecule has 0 saturated heterocycles. The fourth-order valence-electron chi connectivity index (χ4n) is 2.47. The van der Waals surface area contributed by atoms with Crippen LogP contribution in [0.25, 0.3) is 0 Å². The maximum Gasteiger partial charge on any atom is 0.261 e. The van der Waals surface area contributed by atoms with E-state index in [4.69, 9.17) is 11.6 Å². The Hall–Kier alpha value is -2.97. The van der Waals surface area contributed by atoms with Gasteiger partial charge in [-0.25, -0.2) is 17.2 Å². The van der Waals surface area contributed by atoms with Crippen molar-refractivity contribution in [3.8, 4) is 0 Å². The molecule has 1 amide bonds. The summed E-state index contributed by atoms with van der Waals surface area (Å²) in [6, 6.07) is 13.2. The maximum absolute atomic E-state index is 13.3. The summed E-state index contributed by atoms with van der Waals surface area (Å²) in [5.74, 6) is -2.88. The van der Waals surface area contributed by atoms with Crippen molar-refractivity contribution in [2.45, 2.75) is 11.8 Å². The summed E-state index contributed by atoms with van der Waals surface area (Å²) in [4.78, 5) is 12.5. The number of benzene rings is 3. The van der Waals surface area contributed by atoms with Gasteiger partial charge >= 0.3 is 0 Å². The molecule has 0 saturated carbocycles. The fraction of sp³-hybridized carbons (Fsp3) is 0.0500. The molecule has 3 aromatic rings. The van der Waals surface area contributed by atoms with E-state index in [-0.39, 0.29) is 26.9 Å². The molecule has 3 rings (SSSR count). The number of carbonyl (C=O) groups is 1. The van der Waals surface area contributed by atoms with E-state index >= 15 is 0 Å². The van der Waals surface area contributed by atoms with E-state index in [2.05, 4.69) is 10.0 Å². The van der Waals surface area contributed by atoms with E-state index in [1.54, 1.807) is 12.1 Å². The Bertz CT molecular complexity index is 1180. The van der Waals surface area contributed by atoms with Gasteiger partial charge in [-0.05, 0) is 49.4 Å². The number of carbonyl (C=O) groups excluding carboxylic acids is 1. The van der Waals surface area contributed by atoms with Gasteiger partial charge in [0, 0.05) is 17.4 Å². The molecule has 0 aliphatic rings. The second kappa shape index (κ2) is 8.18. The van der Waals surface area contributed by atoms with Crippen molar-refractivity contribution in [1.82, 2.24) is 0 Å². The minimum atomic E-state index is -3.87. The van der Waals surface area contributed by atoms with E-state index in [1.165, 1.54) is 36.4 Å². The van der Waals surface area contributed by atoms with Crippen LogP contribution in [0.15, 0.2) is 65.6 Å². The number of halogens is 3. The first-order valence-corrected chi connectivity index (χ1v) is 10.2. The number of sulfonamides is 1. The molecule has 0 bridgehead atoms. The van der Waals surface area contributed by atoms with Crippen LogP contribution in [0.1, 0.15) is 15.9 Å². The minimum Gasteiger partial charge on any atom is -0.322 e. The average Bonchev–Trinajstić information content (AvgIpc) is 2.66. The van der Waals surface area contributed by atoms with Crippen molar-refractivity contribution in [2.24, 2.45) is 0 Å². The largest absolute Gasteiger partial charge is 0.322 e. The zero-order chi connectivity index (χ0) is 21.2. The molecule has 0 atom stereocenters. The van der Waals surface area contributed by atoms with Crippen molar-refractivity contribution in [1.29, 1.82) is 0 Å². The molecule has 0 heterocycles. The fourth-order valence-corrected chi connectivity index (χ4v) is 3.72. The number of anilines is 2. The first-order valence-electron chi connectivity index (χ1n) is 8.31. The van der Waals surface area contributed by atoms with Crippen LogP contribution in [-0.2, 0) is 10.0 Å². The summed E-state index contributed by atoms with van der Waals surface area (Å²) in [5.41, 5.74) is 1.01. The molecule has 29 heavy (non-hydrogen) atoms. The van der Waals surface area contributed by atoms with Crippen LogP contribution >= 0.6 is 11.6 Å². The third-order valence-electron chi connectivity index (χ3n) is 3.97. The van der Waals surface area contributed by atoms with Crippen LogP contribution in [0.2, 0.25) is 5.02 Å². The molecule has 5 nitrogen and oxygen atoms in total. The van der Waals surface area contributed by atoms with Crippen LogP contribution in [0.5, 0.6) is 0 Å². The molecule has 2 N–H and O–H groups in total. The molecular weight excluding hydrogens is 422 g/mol. The monoisotopic (exact) mass is 436 g/mol. The first kappa shape index (κ1) is 20.8. The second-order valence-corrected chi connectivity index (χ2v) is 8.29. The van der Waals surface area contributed by atoms with Crippen LogP contribution in [-0.4, -0.2) is 14.3 Å². The lowest BCUT2D eigenvalue weighted by atomic mass is 10.2. The Labute approximate surface area is 171 Å². The summed E-state index contributed by atoms with van der Waals surface area (Å²) in [5, 5.41) is 2.45. The highest BCUT2D eigenvalue weighted by atomic mass is 35.5. The van der Waals surface area contributed by atoms with Crippen molar-refractivity contribution in [3.63, 3.8) is 0 Å². The zero-order valence-corrected chi connectivity index (χ0v) is 16.6. The van der Waals surface area contributed by atoms with E-state index < -0.39 is 27.6 Å². The predicted octanol–water partition coefficient (Wildman–Crippen LogP) is 4.98. The third kappa shape index (κ3) is 4.90. The van der Waals surface area contributed by atoms with Gasteiger partial charge < -0.3 is 5.32 Å². The smallest absolute Gasteiger partial charge is 0.261 e. The maximum atomic E-state index is 13.3. The van der Waals surface area contributed by atoms with Crippen LogP contribution in [0.3, 0.4) is 0 Å². The van der Waals surface area contributed by atoms with Gasteiger partial charge in [0.15, 0.2) is 11.6 Å². The topological polar surface area (TPSA) is 75.3 Å². The zero-order valence-electron chi connectivity index (χ0n) is 15.0. The number of amides is 1. The molecular formula is C20H15ClF2N2O3S.